The summed E-state index contributed by atoms with van der Waals surface area (Å²) in [5.74, 6) is -0.118. The van der Waals surface area contributed by atoms with E-state index in [-0.39, 0.29) is 106 Å². The minimum absolute atomic E-state index is 0. The number of ether oxygens (including phenoxy) is 4. The van der Waals surface area contributed by atoms with Gasteiger partial charge in [-0.05, 0) is 223 Å². The monoisotopic (exact) mass is 1860 g/mol. The number of fused-ring (bicyclic) bond motifs is 5. The molecule has 0 saturated carbocycles. The number of amidine groups is 3. The first kappa shape index (κ1) is 99.5. The van der Waals surface area contributed by atoms with Gasteiger partial charge in [0.05, 0.1) is 25.1 Å². The molecule has 5 aliphatic carbocycles. The molecule has 0 bridgehead atoms. The van der Waals surface area contributed by atoms with E-state index in [2.05, 4.69) is 200 Å². The van der Waals surface area contributed by atoms with Crippen LogP contribution >= 0.6 is 31.9 Å². The number of aliphatic imine (C=N–C) groups is 3. The van der Waals surface area contributed by atoms with Crippen LogP contribution in [-0.2, 0) is 88.0 Å². The van der Waals surface area contributed by atoms with Gasteiger partial charge in [0.2, 0.25) is 0 Å². The Bertz CT molecular complexity index is 5260. The summed E-state index contributed by atoms with van der Waals surface area (Å²) in [5.41, 5.74) is 39.9. The maximum atomic E-state index is 12.6. The number of nitrogens with zero attached hydrogens (tertiary/aromatic N) is 11. The van der Waals surface area contributed by atoms with Crippen molar-refractivity contribution in [3.63, 3.8) is 0 Å². The Morgan fingerprint density at radius 3 is 1.21 bits per heavy atom. The summed E-state index contributed by atoms with van der Waals surface area (Å²) in [4.78, 5) is 70.7. The number of carbonyl (C=O) groups is 2. The summed E-state index contributed by atoms with van der Waals surface area (Å²) in [6.07, 6.45) is 32.5. The zero-order valence-electron chi connectivity index (χ0n) is 71.4. The second-order valence-corrected chi connectivity index (χ2v) is 34.8. The molecule has 0 fully saturated rings. The first-order valence-electron chi connectivity index (χ1n) is 39.4. The molecule has 7 heterocycles. The quantitative estimate of drug-likeness (QED) is 0.0488. The number of carbonyl (C=O) groups excluding carboxylic acids is 2. The van der Waals surface area contributed by atoms with Crippen molar-refractivity contribution in [1.29, 1.82) is 0 Å². The van der Waals surface area contributed by atoms with Crippen molar-refractivity contribution in [3.05, 3.63) is 274 Å². The van der Waals surface area contributed by atoms with Crippen LogP contribution < -0.4 is 68.7 Å². The summed E-state index contributed by atoms with van der Waals surface area (Å²) in [7, 11) is 1.96. The van der Waals surface area contributed by atoms with Gasteiger partial charge >= 0.3 is 55.6 Å². The van der Waals surface area contributed by atoms with E-state index in [1.165, 1.54) is 92.6 Å². The number of nitrogens with one attached hydrogen (secondary N) is 1. The molecule has 3 aliphatic heterocycles. The molecule has 10 aromatic rings. The molecule has 6 aromatic carbocycles. The second kappa shape index (κ2) is 41.5. The number of aliphatic hydroxyl groups is 1. The van der Waals surface area contributed by atoms with Crippen molar-refractivity contribution < 1.29 is 84.6 Å². The second-order valence-electron chi connectivity index (χ2n) is 33.1. The van der Waals surface area contributed by atoms with Gasteiger partial charge in [-0.15, -0.1) is 0 Å². The maximum Gasteiger partial charge on any atom is 2.00 e. The van der Waals surface area contributed by atoms with E-state index in [0.717, 1.165) is 115 Å². The minimum Gasteiger partial charge on any atom is -1.00 e. The van der Waals surface area contributed by atoms with E-state index in [1.807, 2.05) is 79.6 Å². The van der Waals surface area contributed by atoms with Crippen molar-refractivity contribution in [2.75, 3.05) is 7.11 Å². The van der Waals surface area contributed by atoms with Crippen LogP contribution in [0.25, 0.3) is 33.4 Å². The van der Waals surface area contributed by atoms with Crippen LogP contribution in [-0.4, -0.2) is 173 Å². The van der Waals surface area contributed by atoms with E-state index >= 15 is 0 Å². The number of hydrogen-bond donors (Lipinski definition) is 7. The molecule has 4 aromatic heterocycles. The zero-order valence-corrected chi connectivity index (χ0v) is 77.6. The van der Waals surface area contributed by atoms with Crippen molar-refractivity contribution >= 4 is 92.5 Å². The number of methoxy groups -OCH3 is 1. The number of amides is 1. The number of hydrogen-bond acceptors (Lipinski definition) is 25. The topological polar surface area (TPSA) is 407 Å². The predicted molar refractivity (Wildman–Crippen MR) is 476 cm³/mol. The van der Waals surface area contributed by atoms with E-state index in [0.29, 0.717) is 49.9 Å². The van der Waals surface area contributed by atoms with Gasteiger partial charge in [0, 0.05) is 99.6 Å². The smallest absolute Gasteiger partial charge is 1.00 e. The standard InChI is InChI=1S/C25H24N4O2.2C18H20N4O.C13H18BrNO.C12H14BrNO2.C4H4BN2O2.CH3.BrH.Li.Mg.H2O/c1-24(2)25(29-23(31-24)28-22(30)17-7-4-3-5-8-17)12-11-21-18(13-25)9-6-10-20(21)19-14-26-16-27-15-19;2*1-17(2)18(22-16(19)23-17)7-6-15-12(8-18)4-3-5-14(15)13-9-20-11-21-10-13;1-12(2,16)13(15)7-6-10-9(8-13)4-3-5-11(10)14;1-16-11(15)12(14)6-5-9-8(7-12)3-2-4-10(9)13;8-5-9-4-1-6-3-7-2-4;;;;;/h3-10,14-16H,11-13H2,1-2H3,(H,28,29,30);2*3-5,9-11H,6-8H2,1-2H3,(H2,19,22);3-5,16H,6-8,15H2,1-2H3;2-4H,5-7,14H2,1H3;1-3,8H;1H3;1H;;;1H2/q;;;;;;-1;;+1;+2;/p-2. The average Bonchev–Trinajstić information content (AvgIpc) is 1.62. The normalized spacial score (nSPS) is 21.6. The van der Waals surface area contributed by atoms with Crippen molar-refractivity contribution in [1.82, 2.24) is 45.2 Å². The van der Waals surface area contributed by atoms with Crippen LogP contribution in [0.4, 0.5) is 0 Å². The number of halogens is 3. The van der Waals surface area contributed by atoms with E-state index < -0.39 is 27.8 Å². The van der Waals surface area contributed by atoms with Gasteiger partial charge in [0.1, 0.15) is 70.0 Å². The fourth-order valence-corrected chi connectivity index (χ4v) is 18.6. The van der Waals surface area contributed by atoms with Crippen LogP contribution in [0.2, 0.25) is 0 Å². The summed E-state index contributed by atoms with van der Waals surface area (Å²) >= 11 is 7.08. The molecule has 12 N–H and O–H groups in total. The van der Waals surface area contributed by atoms with Crippen LogP contribution in [0.5, 0.6) is 5.75 Å². The van der Waals surface area contributed by atoms with E-state index in [1.54, 1.807) is 45.0 Å². The largest absolute Gasteiger partial charge is 2.00 e. The Hall–Kier alpha value is -8.94. The van der Waals surface area contributed by atoms with Crippen molar-refractivity contribution in [2.24, 2.45) is 37.9 Å². The Morgan fingerprint density at radius 2 is 0.837 bits per heavy atom. The number of rotatable bonds is 8. The van der Waals surface area contributed by atoms with Crippen LogP contribution in [0.1, 0.15) is 153 Å². The van der Waals surface area contributed by atoms with Gasteiger partial charge < -0.3 is 86.6 Å². The Balaban J connectivity index is 0.000000187. The number of nitrogens with two attached hydrogens (primary N) is 4. The van der Waals surface area contributed by atoms with Crippen molar-refractivity contribution in [3.8, 4) is 39.1 Å². The van der Waals surface area contributed by atoms with Gasteiger partial charge in [-0.3, -0.25) is 14.9 Å². The average molecular weight is 1860 g/mol. The third-order valence-electron chi connectivity index (χ3n) is 24.5. The molecule has 123 heavy (non-hydrogen) atoms. The SMILES string of the molecule is CC(C)(O)C1(N)CCc2c(Br)cccc2C1.CC1(C)OC(N)=NC12CCc1c(cccc1-c1cncnc1)C2.CC1(C)OC(N)=NC12CCc1c(cccc1-c1cncnc1)C2.CC1(C)OC(NC(=O)c2ccccc2)=NC12CCc1c(cccc1-c1cncnc1)C2.COC(=O)C1(N)CCc2c(Br)cccc2C1.O[B]Oc1cncnc1.[Br-].[CH3-].[Li+].[Mg+2].[OH-]. The number of esters is 1. The summed E-state index contributed by atoms with van der Waals surface area (Å²) in [5, 5.41) is 21.1. The van der Waals surface area contributed by atoms with E-state index in [4.69, 9.17) is 51.9 Å². The fourth-order valence-electron chi connectivity index (χ4n) is 17.4. The summed E-state index contributed by atoms with van der Waals surface area (Å²) in [6, 6.07) is 41.4. The first-order chi connectivity index (χ1) is 56.3. The number of benzene rings is 6. The Labute approximate surface area is 775 Å². The summed E-state index contributed by atoms with van der Waals surface area (Å²) in [6.45, 7) is 16.0. The predicted octanol–water partition coefficient (Wildman–Crippen LogP) is 6.45. The molecule has 26 nitrogen and oxygen atoms in total. The molecule has 3 spiro atoms. The molecule has 1 amide bonds. The van der Waals surface area contributed by atoms with Gasteiger partial charge in [0.25, 0.3) is 24.0 Å². The maximum absolute atomic E-state index is 12.6. The molecule has 32 heteroatoms. The molecule has 5 atom stereocenters. The molecule has 635 valence electrons. The molecular weight excluding hydrogens is 1760 g/mol. The Kier molecular flexibility index (Phi) is 33.5. The molecule has 5 unspecified atom stereocenters. The molecule has 0 saturated heterocycles. The van der Waals surface area contributed by atoms with E-state index in [9.17, 15) is 14.7 Å². The third kappa shape index (κ3) is 21.8. The molecular formula is C91H104BBr3LiMgN16O10. The van der Waals surface area contributed by atoms with Gasteiger partial charge in [-0.25, -0.2) is 54.8 Å². The van der Waals surface area contributed by atoms with Gasteiger partial charge in [0.15, 0.2) is 0 Å². The van der Waals surface area contributed by atoms with Crippen LogP contribution in [0, 0.1) is 7.43 Å². The number of aromatic nitrogens is 8. The Morgan fingerprint density at radius 1 is 0.488 bits per heavy atom. The first-order valence-corrected chi connectivity index (χ1v) is 41.0. The van der Waals surface area contributed by atoms with Gasteiger partial charge in [-0.1, -0.05) is 129 Å². The molecule has 8 aliphatic rings. The zero-order chi connectivity index (χ0) is 83.9. The third-order valence-corrected chi connectivity index (χ3v) is 26.0. The van der Waals surface area contributed by atoms with Crippen LogP contribution in [0.15, 0.2) is 220 Å². The van der Waals surface area contributed by atoms with Crippen LogP contribution in [0.3, 0.4) is 0 Å². The minimum atomic E-state index is -0.859. The van der Waals surface area contributed by atoms with Crippen molar-refractivity contribution in [2.45, 2.75) is 202 Å². The molecule has 18 rings (SSSR count). The summed E-state index contributed by atoms with van der Waals surface area (Å²) < 4.78 is 29.2. The molecule has 1 radical (unpaired) electrons. The van der Waals surface area contributed by atoms with Gasteiger partial charge in [-0.2, -0.15) is 0 Å². The fraction of sp³-hybridized carbons (Fsp3) is 0.363.